The van der Waals surface area contributed by atoms with Gasteiger partial charge in [-0.3, -0.25) is 4.79 Å². The van der Waals surface area contributed by atoms with Gasteiger partial charge in [0.05, 0.1) is 7.11 Å². The fraction of sp³-hybridized carbons (Fsp3) is 0.278. The first-order chi connectivity index (χ1) is 10.5. The van der Waals surface area contributed by atoms with Crippen molar-refractivity contribution in [3.8, 4) is 11.5 Å². The normalized spacial score (nSPS) is 11.6. The number of aryl methyl sites for hydroxylation is 2. The highest BCUT2D eigenvalue weighted by Gasteiger charge is 2.16. The van der Waals surface area contributed by atoms with Crippen molar-refractivity contribution >= 4 is 11.6 Å². The van der Waals surface area contributed by atoms with Crippen LogP contribution in [0, 0.1) is 13.8 Å². The summed E-state index contributed by atoms with van der Waals surface area (Å²) in [7, 11) is 1.61. The molecule has 2 rings (SSSR count). The molecule has 0 aliphatic rings. The summed E-state index contributed by atoms with van der Waals surface area (Å²) in [6.07, 6.45) is -0.590. The number of amides is 1. The van der Waals surface area contributed by atoms with E-state index in [1.54, 1.807) is 38.3 Å². The van der Waals surface area contributed by atoms with Crippen molar-refractivity contribution in [2.24, 2.45) is 0 Å². The smallest absolute Gasteiger partial charge is 0.265 e. The van der Waals surface area contributed by atoms with Gasteiger partial charge in [-0.1, -0.05) is 18.2 Å². The van der Waals surface area contributed by atoms with Crippen molar-refractivity contribution in [1.29, 1.82) is 0 Å². The number of anilines is 1. The second-order valence-corrected chi connectivity index (χ2v) is 5.19. The number of nitrogens with one attached hydrogen (secondary N) is 1. The molecule has 0 fully saturated rings. The molecule has 1 N–H and O–H groups in total. The molecule has 0 bridgehead atoms. The molecule has 0 saturated heterocycles. The minimum atomic E-state index is -0.590. The summed E-state index contributed by atoms with van der Waals surface area (Å²) < 4.78 is 10.8. The number of carbonyl (C=O) groups excluding carboxylic acids is 1. The second kappa shape index (κ2) is 6.98. The molecule has 116 valence electrons. The summed E-state index contributed by atoms with van der Waals surface area (Å²) in [5, 5.41) is 2.93. The van der Waals surface area contributed by atoms with Crippen molar-refractivity contribution in [2.45, 2.75) is 26.9 Å². The molecular formula is C18H21NO3. The molecule has 22 heavy (non-hydrogen) atoms. The largest absolute Gasteiger partial charge is 0.497 e. The Morgan fingerprint density at radius 2 is 1.55 bits per heavy atom. The van der Waals surface area contributed by atoms with Gasteiger partial charge in [-0.2, -0.15) is 0 Å². The first-order valence-electron chi connectivity index (χ1n) is 7.19. The lowest BCUT2D eigenvalue weighted by Crippen LogP contribution is -2.30. The van der Waals surface area contributed by atoms with Gasteiger partial charge >= 0.3 is 0 Å². The Morgan fingerprint density at radius 1 is 1.00 bits per heavy atom. The first-order valence-corrected chi connectivity index (χ1v) is 7.19. The predicted molar refractivity (Wildman–Crippen MR) is 87.6 cm³/mol. The predicted octanol–water partition coefficient (Wildman–Crippen LogP) is 3.72. The van der Waals surface area contributed by atoms with Crippen LogP contribution in [0.15, 0.2) is 42.5 Å². The number of hydrogen-bond acceptors (Lipinski definition) is 3. The third-order valence-electron chi connectivity index (χ3n) is 3.47. The van der Waals surface area contributed by atoms with Gasteiger partial charge in [0, 0.05) is 5.69 Å². The Bertz CT molecular complexity index is 630. The Morgan fingerprint density at radius 3 is 2.09 bits per heavy atom. The van der Waals surface area contributed by atoms with Crippen molar-refractivity contribution < 1.29 is 14.3 Å². The van der Waals surface area contributed by atoms with Gasteiger partial charge in [-0.15, -0.1) is 0 Å². The molecule has 0 radical (unpaired) electrons. The summed E-state index contributed by atoms with van der Waals surface area (Å²) in [6, 6.07) is 13.1. The van der Waals surface area contributed by atoms with Crippen molar-refractivity contribution in [1.82, 2.24) is 0 Å². The highest BCUT2D eigenvalue weighted by molar-refractivity contribution is 5.95. The average molecular weight is 299 g/mol. The van der Waals surface area contributed by atoms with E-state index in [9.17, 15) is 4.79 Å². The molecule has 0 aromatic heterocycles. The topological polar surface area (TPSA) is 47.6 Å². The van der Waals surface area contributed by atoms with Crippen molar-refractivity contribution in [2.75, 3.05) is 12.4 Å². The fourth-order valence-electron chi connectivity index (χ4n) is 2.15. The Kier molecular flexibility index (Phi) is 5.04. The molecule has 4 nitrogen and oxygen atoms in total. The zero-order valence-electron chi connectivity index (χ0n) is 13.3. The number of methoxy groups -OCH3 is 1. The molecule has 0 unspecified atom stereocenters. The number of benzene rings is 2. The van der Waals surface area contributed by atoms with Gasteiger partial charge < -0.3 is 14.8 Å². The van der Waals surface area contributed by atoms with E-state index < -0.39 is 6.10 Å². The molecule has 1 atom stereocenters. The molecule has 2 aromatic carbocycles. The maximum absolute atomic E-state index is 12.3. The van der Waals surface area contributed by atoms with E-state index in [-0.39, 0.29) is 5.91 Å². The fourth-order valence-corrected chi connectivity index (χ4v) is 2.15. The lowest BCUT2D eigenvalue weighted by molar-refractivity contribution is -0.122. The van der Waals surface area contributed by atoms with E-state index in [0.717, 1.165) is 22.6 Å². The van der Waals surface area contributed by atoms with E-state index in [1.165, 1.54) is 0 Å². The number of rotatable bonds is 5. The third kappa shape index (κ3) is 3.79. The van der Waals surface area contributed by atoms with Crippen LogP contribution >= 0.6 is 0 Å². The lowest BCUT2D eigenvalue weighted by Gasteiger charge is -2.17. The van der Waals surface area contributed by atoms with Crippen LogP contribution in [0.4, 0.5) is 5.69 Å². The van der Waals surface area contributed by atoms with Gasteiger partial charge in [-0.25, -0.2) is 0 Å². The highest BCUT2D eigenvalue weighted by Crippen LogP contribution is 2.21. The molecule has 0 spiro atoms. The van der Waals surface area contributed by atoms with Gasteiger partial charge in [0.15, 0.2) is 6.10 Å². The zero-order valence-corrected chi connectivity index (χ0v) is 13.3. The van der Waals surface area contributed by atoms with Gasteiger partial charge in [-0.05, 0) is 56.2 Å². The van der Waals surface area contributed by atoms with Crippen LogP contribution in [-0.4, -0.2) is 19.1 Å². The van der Waals surface area contributed by atoms with Gasteiger partial charge in [0.25, 0.3) is 5.91 Å². The minimum Gasteiger partial charge on any atom is -0.497 e. The third-order valence-corrected chi connectivity index (χ3v) is 3.47. The summed E-state index contributed by atoms with van der Waals surface area (Å²) in [6.45, 7) is 5.67. The zero-order chi connectivity index (χ0) is 16.1. The van der Waals surface area contributed by atoms with Crippen LogP contribution in [0.3, 0.4) is 0 Å². The van der Waals surface area contributed by atoms with Crippen LogP contribution in [0.25, 0.3) is 0 Å². The number of para-hydroxylation sites is 1. The van der Waals surface area contributed by atoms with Crippen LogP contribution < -0.4 is 14.8 Å². The van der Waals surface area contributed by atoms with E-state index in [4.69, 9.17) is 9.47 Å². The van der Waals surface area contributed by atoms with Crippen LogP contribution in [0.2, 0.25) is 0 Å². The standard InChI is InChI=1S/C18H21NO3/c1-12-6-5-7-13(2)17(12)19-18(20)14(3)22-16-10-8-15(21-4)9-11-16/h5-11,14H,1-4H3,(H,19,20)/t14-/m0/s1. The van der Waals surface area contributed by atoms with Crippen molar-refractivity contribution in [3.63, 3.8) is 0 Å². The Hall–Kier alpha value is -2.49. The quantitative estimate of drug-likeness (QED) is 0.915. The summed E-state index contributed by atoms with van der Waals surface area (Å²) >= 11 is 0. The number of hydrogen-bond donors (Lipinski definition) is 1. The van der Waals surface area contributed by atoms with Crippen LogP contribution in [-0.2, 0) is 4.79 Å². The van der Waals surface area contributed by atoms with E-state index in [1.807, 2.05) is 32.0 Å². The Balaban J connectivity index is 2.02. The summed E-state index contributed by atoms with van der Waals surface area (Å²) in [4.78, 5) is 12.3. The molecular weight excluding hydrogens is 278 g/mol. The molecule has 0 aliphatic carbocycles. The molecule has 0 saturated carbocycles. The monoisotopic (exact) mass is 299 g/mol. The maximum Gasteiger partial charge on any atom is 0.265 e. The van der Waals surface area contributed by atoms with E-state index in [2.05, 4.69) is 5.32 Å². The SMILES string of the molecule is COc1ccc(O[C@@H](C)C(=O)Nc2c(C)cccc2C)cc1. The highest BCUT2D eigenvalue weighted by atomic mass is 16.5. The van der Waals surface area contributed by atoms with Crippen LogP contribution in [0.1, 0.15) is 18.1 Å². The molecule has 0 heterocycles. The van der Waals surface area contributed by atoms with Crippen molar-refractivity contribution in [3.05, 3.63) is 53.6 Å². The maximum atomic E-state index is 12.3. The van der Waals surface area contributed by atoms with Gasteiger partial charge in [0.1, 0.15) is 11.5 Å². The van der Waals surface area contributed by atoms with E-state index in [0.29, 0.717) is 5.75 Å². The second-order valence-electron chi connectivity index (χ2n) is 5.19. The Labute approximate surface area is 131 Å². The number of carbonyl (C=O) groups is 1. The van der Waals surface area contributed by atoms with Crippen LogP contribution in [0.5, 0.6) is 11.5 Å². The molecule has 2 aromatic rings. The minimum absolute atomic E-state index is 0.173. The van der Waals surface area contributed by atoms with Gasteiger partial charge in [0.2, 0.25) is 0 Å². The summed E-state index contributed by atoms with van der Waals surface area (Å²) in [5.41, 5.74) is 2.91. The lowest BCUT2D eigenvalue weighted by atomic mass is 10.1. The molecule has 0 aliphatic heterocycles. The first kappa shape index (κ1) is 15.9. The average Bonchev–Trinajstić information content (AvgIpc) is 2.51. The molecule has 4 heteroatoms. The number of ether oxygens (including phenoxy) is 2. The van der Waals surface area contributed by atoms with E-state index >= 15 is 0 Å². The summed E-state index contributed by atoms with van der Waals surface area (Å²) in [5.74, 6) is 1.21. The molecule has 1 amide bonds.